The summed E-state index contributed by atoms with van der Waals surface area (Å²) in [4.78, 5) is 133. The van der Waals surface area contributed by atoms with Gasteiger partial charge in [0.05, 0.1) is 64.5 Å². The Balaban J connectivity index is 0.000000230. The molecule has 0 aliphatic carbocycles. The number of hydrogen-bond donors (Lipinski definition) is 3. The summed E-state index contributed by atoms with van der Waals surface area (Å²) in [5.74, 6) is -8.98. The first-order chi connectivity index (χ1) is 52.3. The molecule has 6 amide bonds. The summed E-state index contributed by atoms with van der Waals surface area (Å²) in [7, 11) is 7.77. The van der Waals surface area contributed by atoms with Gasteiger partial charge in [0, 0.05) is 110 Å². The number of phenolic OH excluding ortho intramolecular Hbond substituents is 1. The molecule has 0 spiro atoms. The fraction of sp³-hybridized carbons (Fsp3) is 0.520. The number of imide groups is 2. The number of fused-ring (bicyclic) bond motifs is 18. The summed E-state index contributed by atoms with van der Waals surface area (Å²) in [5, 5.41) is 37.5. The van der Waals surface area contributed by atoms with Gasteiger partial charge in [-0.2, -0.15) is 41.3 Å². The Kier molecular flexibility index (Phi) is 23.8. The van der Waals surface area contributed by atoms with Crippen molar-refractivity contribution in [3.63, 3.8) is 0 Å². The van der Waals surface area contributed by atoms with Crippen LogP contribution in [0.3, 0.4) is 0 Å². The average Bonchev–Trinajstić information content (AvgIpc) is 0.898. The molecule has 37 heteroatoms. The maximum Gasteiger partial charge on any atom is 0.471 e. The molecule has 3 unspecified atom stereocenters. The van der Waals surface area contributed by atoms with Crippen LogP contribution in [0.25, 0.3) is 0 Å². The van der Waals surface area contributed by atoms with Gasteiger partial charge in [-0.3, -0.25) is 62.9 Å². The standard InChI is InChI=1S/C40H45F3N5O11.C33H36F3N5O8.C2H3ClO/c1-17-11-24-12-26-28(14-44)47-27(32(45(26)8)30(24)37(33(17)55-10)59-23(7)52)13-25-31(36-35(56-16-57-36)18(2)34(25)58-22(6)51)29(47)15-48(9,21(5)50)38(53)19(3)46(20(4)49)39(54)40(41,42)43;1-13-7-17-8-19-21(10-37)41-20(25(40(19)5)23(17)26(43)27(13)46-6)9-18-24(30-29(47-12-48-30)14(2)28(18)49-16(4)42)22(41)11-38-31(44)15(3)39-32(45)33(34,35)36;1-2(3)4/h11,19,26-29,32H,12-13,15-16H2,1-10H3;7,15,19-22,25,43H,8-9,11-12H2,1-6H3,(H,38,44)(H,39,45);1H3/q+1;;/t19-,26-,27?,28-,29-,32-,48?;15-,19-,20?,21-,22-,25-;/m00./s1. The lowest BCUT2D eigenvalue weighted by atomic mass is 9.71. The smallest absolute Gasteiger partial charge is 0.471 e. The van der Waals surface area contributed by atoms with Crippen LogP contribution >= 0.6 is 11.6 Å². The van der Waals surface area contributed by atoms with Crippen molar-refractivity contribution >= 4 is 70.2 Å². The van der Waals surface area contributed by atoms with Crippen LogP contribution in [0.5, 0.6) is 57.5 Å². The summed E-state index contributed by atoms with van der Waals surface area (Å²) < 4.78 is 131. The predicted octanol–water partition coefficient (Wildman–Crippen LogP) is 6.91. The number of amides is 6. The van der Waals surface area contributed by atoms with E-state index in [1.54, 1.807) is 26.1 Å². The van der Waals surface area contributed by atoms with Crippen LogP contribution < -0.4 is 53.3 Å². The minimum absolute atomic E-state index is 0.0323. The number of rotatable bonds is 13. The van der Waals surface area contributed by atoms with Gasteiger partial charge in [0.2, 0.25) is 30.6 Å². The Labute approximate surface area is 644 Å². The van der Waals surface area contributed by atoms with Gasteiger partial charge >= 0.3 is 53.9 Å². The number of quaternary nitrogens is 1. The molecule has 30 nitrogen and oxygen atoms in total. The Morgan fingerprint density at radius 3 is 1.46 bits per heavy atom. The summed E-state index contributed by atoms with van der Waals surface area (Å²) in [6, 6.07) is -2.15. The van der Waals surface area contributed by atoms with Gasteiger partial charge in [-0.05, 0) is 115 Å². The van der Waals surface area contributed by atoms with Crippen LogP contribution in [-0.4, -0.2) is 215 Å². The molecule has 4 aromatic rings. The van der Waals surface area contributed by atoms with Crippen molar-refractivity contribution in [2.75, 3.05) is 62.0 Å². The first-order valence-electron chi connectivity index (χ1n) is 35.3. The second kappa shape index (κ2) is 31.7. The van der Waals surface area contributed by atoms with Gasteiger partial charge in [0.25, 0.3) is 0 Å². The Hall–Kier alpha value is -10.4. The Bertz CT molecular complexity index is 4710. The highest BCUT2D eigenvalue weighted by Gasteiger charge is 2.62. The number of hydrogen-bond acceptors (Lipinski definition) is 26. The predicted molar refractivity (Wildman–Crippen MR) is 378 cm³/mol. The fourth-order valence-corrected chi connectivity index (χ4v) is 17.5. The van der Waals surface area contributed by atoms with E-state index < -0.39 is 143 Å². The lowest BCUT2D eigenvalue weighted by Crippen LogP contribution is -2.70. The number of benzene rings is 4. The summed E-state index contributed by atoms with van der Waals surface area (Å²) in [6.45, 7) is 14.6. The molecule has 8 aliphatic rings. The van der Waals surface area contributed by atoms with Crippen LogP contribution in [-0.2, 0) is 73.6 Å². The van der Waals surface area contributed by atoms with E-state index in [0.717, 1.165) is 37.5 Å². The number of methoxy groups -OCH3 is 2. The second-order valence-corrected chi connectivity index (χ2v) is 29.3. The number of phenols is 1. The van der Waals surface area contributed by atoms with Crippen LogP contribution in [0.4, 0.5) is 26.3 Å². The molecule has 602 valence electrons. The second-order valence-electron chi connectivity index (χ2n) is 28.8. The molecule has 112 heavy (non-hydrogen) atoms. The van der Waals surface area contributed by atoms with Crippen molar-refractivity contribution in [2.45, 2.75) is 194 Å². The number of aryl methyl sites for hydroxylation is 2. The largest absolute Gasteiger partial charge is 0.504 e. The zero-order chi connectivity index (χ0) is 83.1. The van der Waals surface area contributed by atoms with E-state index in [-0.39, 0.29) is 90.1 Å². The van der Waals surface area contributed by atoms with Gasteiger partial charge in [-0.15, -0.1) is 0 Å². The lowest BCUT2D eigenvalue weighted by molar-refractivity contribution is -0.762. The van der Waals surface area contributed by atoms with Crippen molar-refractivity contribution in [3.8, 4) is 69.6 Å². The van der Waals surface area contributed by atoms with E-state index in [0.29, 0.717) is 86.4 Å². The van der Waals surface area contributed by atoms with Gasteiger partial charge < -0.3 is 58.4 Å². The number of nitrogens with one attached hydrogen (secondary N) is 2. The third kappa shape index (κ3) is 14.8. The number of aromatic hydroxyl groups is 1. The molecule has 0 aromatic heterocycles. The molecule has 8 heterocycles. The SMILES string of the molecule is CC(=O)Cl.COc1c(C)cc2c(c1O)[C@@H]1C3Cc4c(OC(C)=O)c(C)c5c(c4[C@H](CNC(=O)[C@H](C)NC(=O)C(F)(F)F)N3[C@@H](C#N)[C@H](C2)N1C)OCO5.COc1c(C)cc2c(c1OC(C)=O)[C@@H]1C3Cc4c(OC(C)=O)c(C)c5c(c4[C@H](C[N+](C)(C(C)=O)C(=O)[C@H](C)N(C(C)=O)C(=O)C(F)(F)F)N3[C@@H](C#N)[C@H](C2)N1C)OCO5. The van der Waals surface area contributed by atoms with E-state index in [9.17, 15) is 89.9 Å². The number of carbonyl (C=O) groups is 10. The van der Waals surface area contributed by atoms with Crippen molar-refractivity contribution < 1.29 is 127 Å². The van der Waals surface area contributed by atoms with Crippen molar-refractivity contribution in [3.05, 3.63) is 78.9 Å². The molecule has 2 fully saturated rings. The Morgan fingerprint density at radius 2 is 1.04 bits per heavy atom. The number of likely N-dealkylation sites (N-methyl/N-ethyl adjacent to an activating group) is 3. The van der Waals surface area contributed by atoms with Crippen molar-refractivity contribution in [2.24, 2.45) is 0 Å². The number of alkyl halides is 6. The topological polar surface area (TPSA) is 362 Å². The van der Waals surface area contributed by atoms with Gasteiger partial charge in [0.15, 0.2) is 52.0 Å². The third-order valence-corrected chi connectivity index (χ3v) is 22.0. The summed E-state index contributed by atoms with van der Waals surface area (Å²) >= 11 is 4.64. The Morgan fingerprint density at radius 1 is 0.625 bits per heavy atom. The molecular weight excluding hydrogens is 1510 g/mol. The first kappa shape index (κ1) is 84.1. The van der Waals surface area contributed by atoms with E-state index >= 15 is 0 Å². The maximum absolute atomic E-state index is 14.6. The monoisotopic (exact) mass is 1590 g/mol. The molecule has 12 rings (SSSR count). The molecule has 0 radical (unpaired) electrons. The minimum atomic E-state index is -5.53. The van der Waals surface area contributed by atoms with Crippen molar-refractivity contribution in [1.82, 2.24) is 35.1 Å². The zero-order valence-corrected chi connectivity index (χ0v) is 64.9. The zero-order valence-electron chi connectivity index (χ0n) is 64.2. The molecule has 8 aliphatic heterocycles. The highest BCUT2D eigenvalue weighted by molar-refractivity contribution is 6.62. The van der Waals surface area contributed by atoms with Gasteiger partial charge in [-0.1, -0.05) is 12.1 Å². The first-order valence-corrected chi connectivity index (χ1v) is 35.7. The lowest BCUT2D eigenvalue weighted by Gasteiger charge is -2.60. The highest BCUT2D eigenvalue weighted by Crippen LogP contribution is 2.62. The normalized spacial score (nSPS) is 23.2. The van der Waals surface area contributed by atoms with Gasteiger partial charge in [-0.25, -0.2) is 9.59 Å². The number of carbonyl (C=O) groups excluding carboxylic acids is 10. The van der Waals surface area contributed by atoms with Crippen LogP contribution in [0.1, 0.15) is 146 Å². The highest BCUT2D eigenvalue weighted by atomic mass is 35.5. The maximum atomic E-state index is 14.6. The molecule has 2 saturated heterocycles. The van der Waals surface area contributed by atoms with Crippen LogP contribution in [0.15, 0.2) is 12.1 Å². The number of ether oxygens (including phenoxy) is 9. The number of halogens is 7. The molecular formula is C75H84ClF6N10O20+. The number of piperazine rings is 2. The quantitative estimate of drug-likeness (QED) is 0.0402. The van der Waals surface area contributed by atoms with E-state index in [2.05, 4.69) is 29.1 Å². The average molecular weight is 1590 g/mol. The van der Waals surface area contributed by atoms with Crippen molar-refractivity contribution in [1.29, 1.82) is 10.5 Å². The van der Waals surface area contributed by atoms with Crippen LogP contribution in [0.2, 0.25) is 0 Å². The summed E-state index contributed by atoms with van der Waals surface area (Å²) in [6.07, 6.45) is -9.76. The molecule has 4 bridgehead atoms. The van der Waals surface area contributed by atoms with E-state index in [4.69, 9.17) is 42.6 Å². The number of nitriles is 2. The minimum Gasteiger partial charge on any atom is -0.504 e. The molecule has 13 atom stereocenters. The third-order valence-electron chi connectivity index (χ3n) is 22.0. The van der Waals surface area contributed by atoms with E-state index in [1.165, 1.54) is 49.0 Å². The number of esters is 3. The number of nitrogens with zero attached hydrogens (tertiary/aromatic N) is 8. The molecule has 4 aromatic carbocycles. The molecule has 3 N–H and O–H groups in total. The van der Waals surface area contributed by atoms with Crippen LogP contribution in [0, 0.1) is 50.4 Å². The fourth-order valence-electron chi connectivity index (χ4n) is 17.5. The van der Waals surface area contributed by atoms with E-state index in [1.807, 2.05) is 52.8 Å². The molecule has 0 saturated carbocycles. The van der Waals surface area contributed by atoms with Gasteiger partial charge in [0.1, 0.15) is 36.2 Å². The summed E-state index contributed by atoms with van der Waals surface area (Å²) in [5.41, 5.74) is 6.91.